The predicted molar refractivity (Wildman–Crippen MR) is 123 cm³/mol. The number of thioether (sulfide) groups is 1. The lowest BCUT2D eigenvalue weighted by molar-refractivity contribution is -0.120. The maximum absolute atomic E-state index is 13.5. The first-order valence-corrected chi connectivity index (χ1v) is 11.5. The van der Waals surface area contributed by atoms with Gasteiger partial charge in [-0.2, -0.15) is 0 Å². The van der Waals surface area contributed by atoms with Crippen LogP contribution in [-0.2, 0) is 16.1 Å². The second-order valence-electron chi connectivity index (χ2n) is 7.32. The smallest absolute Gasteiger partial charge is 0.318 e. The summed E-state index contributed by atoms with van der Waals surface area (Å²) in [4.78, 5) is 42.3. The van der Waals surface area contributed by atoms with Gasteiger partial charge in [-0.3, -0.25) is 19.5 Å². The molecule has 0 fully saturated rings. The Balaban J connectivity index is 2.12. The maximum atomic E-state index is 13.5. The number of urea groups is 1. The normalized spacial score (nSPS) is 12.3. The van der Waals surface area contributed by atoms with E-state index in [0.29, 0.717) is 26.5 Å². The summed E-state index contributed by atoms with van der Waals surface area (Å²) in [5.41, 5.74) is 6.18. The Hall–Kier alpha value is -2.76. The number of methoxy groups -OCH3 is 1. The number of primary amides is 1. The Morgan fingerprint density at radius 2 is 2.00 bits per heavy atom. The first-order valence-electron chi connectivity index (χ1n) is 9.76. The fourth-order valence-electron chi connectivity index (χ4n) is 3.12. The number of rotatable bonds is 8. The van der Waals surface area contributed by atoms with Gasteiger partial charge in [0.05, 0.1) is 23.8 Å². The Morgan fingerprint density at radius 1 is 1.31 bits per heavy atom. The molecule has 1 atom stereocenters. The van der Waals surface area contributed by atoms with E-state index < -0.39 is 17.2 Å². The lowest BCUT2D eigenvalue weighted by Gasteiger charge is -2.20. The number of carbonyl (C=O) groups is 2. The highest BCUT2D eigenvalue weighted by molar-refractivity contribution is 8.00. The lowest BCUT2D eigenvalue weighted by Crippen LogP contribution is -2.42. The van der Waals surface area contributed by atoms with Gasteiger partial charge in [0.15, 0.2) is 5.16 Å². The van der Waals surface area contributed by atoms with Gasteiger partial charge in [-0.25, -0.2) is 14.2 Å². The number of nitrogens with two attached hydrogens (primary N) is 1. The number of ether oxygens (including phenoxy) is 1. The minimum Gasteiger partial charge on any atom is -0.383 e. The Bertz CT molecular complexity index is 1190. The molecule has 3 N–H and O–H groups in total. The fraction of sp³-hybridized carbons (Fsp3) is 0.333. The van der Waals surface area contributed by atoms with E-state index >= 15 is 0 Å². The van der Waals surface area contributed by atoms with E-state index in [1.165, 1.54) is 35.1 Å². The summed E-state index contributed by atoms with van der Waals surface area (Å²) in [5, 5.41) is 3.97. The summed E-state index contributed by atoms with van der Waals surface area (Å²) in [6.07, 6.45) is 0. The summed E-state index contributed by atoms with van der Waals surface area (Å²) in [6, 6.07) is 4.96. The van der Waals surface area contributed by atoms with Crippen molar-refractivity contribution in [3.05, 3.63) is 45.8 Å². The molecule has 0 bridgehead atoms. The Morgan fingerprint density at radius 3 is 2.59 bits per heavy atom. The van der Waals surface area contributed by atoms with E-state index in [1.54, 1.807) is 17.5 Å². The summed E-state index contributed by atoms with van der Waals surface area (Å²) in [6.45, 7) is 4.14. The van der Waals surface area contributed by atoms with Crippen LogP contribution in [0.3, 0.4) is 0 Å². The Labute approximate surface area is 192 Å². The van der Waals surface area contributed by atoms with Gasteiger partial charge in [-0.1, -0.05) is 37.7 Å². The van der Waals surface area contributed by atoms with E-state index in [9.17, 15) is 18.8 Å². The van der Waals surface area contributed by atoms with Crippen molar-refractivity contribution in [3.8, 4) is 11.1 Å². The first-order chi connectivity index (χ1) is 15.2. The van der Waals surface area contributed by atoms with Crippen LogP contribution in [0.5, 0.6) is 0 Å². The van der Waals surface area contributed by atoms with Crippen molar-refractivity contribution in [3.63, 3.8) is 0 Å². The molecule has 32 heavy (non-hydrogen) atoms. The van der Waals surface area contributed by atoms with E-state index in [1.807, 2.05) is 13.8 Å². The topological polar surface area (TPSA) is 116 Å². The average molecular weight is 479 g/mol. The molecule has 2 aromatic heterocycles. The van der Waals surface area contributed by atoms with Crippen LogP contribution in [-0.4, -0.2) is 40.5 Å². The third kappa shape index (κ3) is 5.17. The molecule has 0 saturated heterocycles. The molecule has 3 aromatic rings. The number of hydrogen-bond acceptors (Lipinski definition) is 7. The van der Waals surface area contributed by atoms with Crippen molar-refractivity contribution in [2.24, 2.45) is 11.7 Å². The molecule has 0 spiro atoms. The second-order valence-corrected chi connectivity index (χ2v) is 9.28. The number of thiophene rings is 1. The predicted octanol–water partition coefficient (Wildman–Crippen LogP) is 3.22. The summed E-state index contributed by atoms with van der Waals surface area (Å²) < 4.78 is 20.0. The highest BCUT2D eigenvalue weighted by Gasteiger charge is 2.28. The van der Waals surface area contributed by atoms with Gasteiger partial charge in [-0.15, -0.1) is 11.3 Å². The van der Waals surface area contributed by atoms with Crippen LogP contribution in [0.4, 0.5) is 9.18 Å². The molecule has 0 aliphatic heterocycles. The number of amides is 3. The molecule has 0 aliphatic carbocycles. The lowest BCUT2D eigenvalue weighted by atomic mass is 10.1. The maximum Gasteiger partial charge on any atom is 0.318 e. The molecule has 8 nitrogen and oxygen atoms in total. The quantitative estimate of drug-likeness (QED) is 0.379. The minimum absolute atomic E-state index is 0.166. The standard InChI is InChI=1S/C21H23FN4O4S2/c1-11(2)16(17(27)24-20(23)29)32-21-25-18-15(19(28)26(21)8-9-30-3)14(10-31-18)12-4-6-13(22)7-5-12/h4-7,10-11,16H,8-9H2,1-3H3,(H3,23,24,27,29)/t16-/m0/s1. The van der Waals surface area contributed by atoms with Gasteiger partial charge >= 0.3 is 6.03 Å². The van der Waals surface area contributed by atoms with Crippen molar-refractivity contribution in [2.45, 2.75) is 30.8 Å². The second kappa shape index (κ2) is 10.2. The van der Waals surface area contributed by atoms with E-state index in [4.69, 9.17) is 10.5 Å². The van der Waals surface area contributed by atoms with Crippen LogP contribution in [0.2, 0.25) is 0 Å². The van der Waals surface area contributed by atoms with Crippen molar-refractivity contribution in [1.82, 2.24) is 14.9 Å². The summed E-state index contributed by atoms with van der Waals surface area (Å²) in [7, 11) is 1.52. The van der Waals surface area contributed by atoms with Crippen molar-refractivity contribution >= 4 is 45.3 Å². The van der Waals surface area contributed by atoms with Gasteiger partial charge in [0.2, 0.25) is 5.91 Å². The van der Waals surface area contributed by atoms with Gasteiger partial charge < -0.3 is 10.5 Å². The van der Waals surface area contributed by atoms with Gasteiger partial charge in [0.1, 0.15) is 10.6 Å². The first kappa shape index (κ1) is 23.9. The number of imide groups is 1. The van der Waals surface area contributed by atoms with Crippen molar-refractivity contribution < 1.29 is 18.7 Å². The van der Waals surface area contributed by atoms with E-state index in [0.717, 1.165) is 11.8 Å². The van der Waals surface area contributed by atoms with Crippen LogP contribution < -0.4 is 16.6 Å². The molecule has 0 aliphatic rings. The summed E-state index contributed by atoms with van der Waals surface area (Å²) in [5.74, 6) is -1.08. The Kier molecular flexibility index (Phi) is 7.64. The zero-order valence-electron chi connectivity index (χ0n) is 17.8. The summed E-state index contributed by atoms with van der Waals surface area (Å²) >= 11 is 2.38. The van der Waals surface area contributed by atoms with Crippen LogP contribution in [0.25, 0.3) is 21.3 Å². The fourth-order valence-corrected chi connectivity index (χ4v) is 5.22. The third-order valence-electron chi connectivity index (χ3n) is 4.68. The van der Waals surface area contributed by atoms with E-state index in [2.05, 4.69) is 10.3 Å². The van der Waals surface area contributed by atoms with Crippen molar-refractivity contribution in [1.29, 1.82) is 0 Å². The zero-order chi connectivity index (χ0) is 23.4. The average Bonchev–Trinajstić information content (AvgIpc) is 3.15. The number of halogens is 1. The molecule has 11 heteroatoms. The number of carbonyl (C=O) groups excluding carboxylic acids is 2. The van der Waals surface area contributed by atoms with Crippen LogP contribution >= 0.6 is 23.1 Å². The zero-order valence-corrected chi connectivity index (χ0v) is 19.4. The number of nitrogens with one attached hydrogen (secondary N) is 1. The molecule has 0 saturated carbocycles. The van der Waals surface area contributed by atoms with Gasteiger partial charge in [0.25, 0.3) is 5.56 Å². The number of hydrogen-bond donors (Lipinski definition) is 2. The molecule has 3 rings (SSSR count). The molecular formula is C21H23FN4O4S2. The van der Waals surface area contributed by atoms with Crippen LogP contribution in [0.15, 0.2) is 39.6 Å². The molecule has 170 valence electrons. The third-order valence-corrected chi connectivity index (χ3v) is 7.08. The molecule has 2 heterocycles. The SMILES string of the molecule is COCCn1c(S[C@H](C(=O)NC(N)=O)C(C)C)nc2scc(-c3ccc(F)cc3)c2c1=O. The molecule has 1 aromatic carbocycles. The van der Waals surface area contributed by atoms with Gasteiger partial charge in [0, 0.05) is 18.1 Å². The molecule has 0 radical (unpaired) electrons. The monoisotopic (exact) mass is 478 g/mol. The van der Waals surface area contributed by atoms with Crippen LogP contribution in [0, 0.1) is 11.7 Å². The van der Waals surface area contributed by atoms with Crippen molar-refractivity contribution in [2.75, 3.05) is 13.7 Å². The largest absolute Gasteiger partial charge is 0.383 e. The molecule has 0 unspecified atom stereocenters. The molecule has 3 amide bonds. The van der Waals surface area contributed by atoms with Crippen LogP contribution in [0.1, 0.15) is 13.8 Å². The number of fused-ring (bicyclic) bond motifs is 1. The highest BCUT2D eigenvalue weighted by Crippen LogP contribution is 2.34. The number of benzene rings is 1. The number of aromatic nitrogens is 2. The minimum atomic E-state index is -0.941. The molecular weight excluding hydrogens is 455 g/mol. The van der Waals surface area contributed by atoms with E-state index in [-0.39, 0.29) is 30.4 Å². The number of nitrogens with zero attached hydrogens (tertiary/aromatic N) is 2. The highest BCUT2D eigenvalue weighted by atomic mass is 32.2. The van der Waals surface area contributed by atoms with Gasteiger partial charge in [-0.05, 0) is 23.6 Å².